The van der Waals surface area contributed by atoms with Gasteiger partial charge in [0.25, 0.3) is 11.8 Å². The standard InChI is InChI=1S/C19H25ClN2O4/c1-12-5-3-4-6-16(12)22-18(24)13(2)26-17(23)11-21-19(25)14-7-9-15(20)10-8-14/h7-10,12-13,16H,3-6,11H2,1-2H3,(H,21,25)(H,22,24)/t12-,13+,16+/m0/s1. The minimum absolute atomic E-state index is 0.127. The van der Waals surface area contributed by atoms with Crippen LogP contribution in [0.1, 0.15) is 49.9 Å². The van der Waals surface area contributed by atoms with Crippen molar-refractivity contribution in [2.45, 2.75) is 51.7 Å². The fraction of sp³-hybridized carbons (Fsp3) is 0.526. The highest BCUT2D eigenvalue weighted by molar-refractivity contribution is 6.30. The summed E-state index contributed by atoms with van der Waals surface area (Å²) in [6.07, 6.45) is 3.43. The molecule has 2 rings (SSSR count). The molecule has 0 radical (unpaired) electrons. The van der Waals surface area contributed by atoms with Gasteiger partial charge in [0.15, 0.2) is 6.10 Å². The molecule has 7 heteroatoms. The molecule has 3 atom stereocenters. The molecule has 1 aliphatic carbocycles. The van der Waals surface area contributed by atoms with Crippen molar-refractivity contribution in [2.75, 3.05) is 6.54 Å². The minimum atomic E-state index is -0.899. The molecule has 0 heterocycles. The number of esters is 1. The molecule has 2 N–H and O–H groups in total. The van der Waals surface area contributed by atoms with Crippen molar-refractivity contribution < 1.29 is 19.1 Å². The number of rotatable bonds is 6. The van der Waals surface area contributed by atoms with Crippen molar-refractivity contribution in [3.63, 3.8) is 0 Å². The maximum absolute atomic E-state index is 12.2. The van der Waals surface area contributed by atoms with Crippen LogP contribution in [0.4, 0.5) is 0 Å². The van der Waals surface area contributed by atoms with Crippen LogP contribution in [0.15, 0.2) is 24.3 Å². The third-order valence-electron chi connectivity index (χ3n) is 4.62. The predicted octanol–water partition coefficient (Wildman–Crippen LogP) is 2.70. The van der Waals surface area contributed by atoms with E-state index in [4.69, 9.17) is 16.3 Å². The average Bonchev–Trinajstić information content (AvgIpc) is 2.62. The van der Waals surface area contributed by atoms with Gasteiger partial charge >= 0.3 is 5.97 Å². The molecule has 1 aromatic rings. The van der Waals surface area contributed by atoms with Gasteiger partial charge in [-0.1, -0.05) is 31.4 Å². The van der Waals surface area contributed by atoms with Crippen LogP contribution >= 0.6 is 11.6 Å². The second-order valence-electron chi connectivity index (χ2n) is 6.70. The van der Waals surface area contributed by atoms with Crippen LogP contribution in [-0.4, -0.2) is 36.5 Å². The molecule has 26 heavy (non-hydrogen) atoms. The minimum Gasteiger partial charge on any atom is -0.451 e. The van der Waals surface area contributed by atoms with Gasteiger partial charge in [0.2, 0.25) is 0 Å². The van der Waals surface area contributed by atoms with Gasteiger partial charge < -0.3 is 15.4 Å². The van der Waals surface area contributed by atoms with Crippen LogP contribution in [0.2, 0.25) is 5.02 Å². The number of nitrogens with one attached hydrogen (secondary N) is 2. The van der Waals surface area contributed by atoms with E-state index in [1.54, 1.807) is 24.3 Å². The number of benzene rings is 1. The van der Waals surface area contributed by atoms with Gasteiger partial charge in [0.1, 0.15) is 6.54 Å². The van der Waals surface area contributed by atoms with Crippen molar-refractivity contribution in [1.29, 1.82) is 0 Å². The number of carbonyl (C=O) groups excluding carboxylic acids is 3. The summed E-state index contributed by atoms with van der Waals surface area (Å²) < 4.78 is 5.11. The SMILES string of the molecule is C[C@@H](OC(=O)CNC(=O)c1ccc(Cl)cc1)C(=O)N[C@@H]1CCCC[C@@H]1C. The lowest BCUT2D eigenvalue weighted by Crippen LogP contribution is -2.46. The summed E-state index contributed by atoms with van der Waals surface area (Å²) in [4.78, 5) is 36.0. The van der Waals surface area contributed by atoms with Crippen molar-refractivity contribution in [3.8, 4) is 0 Å². The monoisotopic (exact) mass is 380 g/mol. The van der Waals surface area contributed by atoms with E-state index < -0.39 is 18.0 Å². The van der Waals surface area contributed by atoms with Crippen molar-refractivity contribution in [2.24, 2.45) is 5.92 Å². The maximum Gasteiger partial charge on any atom is 0.326 e. The van der Waals surface area contributed by atoms with Gasteiger partial charge in [0.05, 0.1) is 0 Å². The van der Waals surface area contributed by atoms with E-state index in [1.807, 2.05) is 0 Å². The quantitative estimate of drug-likeness (QED) is 0.743. The molecule has 0 aromatic heterocycles. The molecular formula is C19H25ClN2O4. The first kappa shape index (κ1) is 20.2. The first-order valence-corrected chi connectivity index (χ1v) is 9.28. The van der Waals surface area contributed by atoms with E-state index in [0.717, 1.165) is 19.3 Å². The van der Waals surface area contributed by atoms with Crippen molar-refractivity contribution in [3.05, 3.63) is 34.9 Å². The van der Waals surface area contributed by atoms with E-state index in [-0.39, 0.29) is 18.5 Å². The number of amides is 2. The largest absolute Gasteiger partial charge is 0.451 e. The molecule has 0 spiro atoms. The second-order valence-corrected chi connectivity index (χ2v) is 7.13. The van der Waals surface area contributed by atoms with Crippen LogP contribution in [0.3, 0.4) is 0 Å². The molecule has 2 amide bonds. The Balaban J connectivity index is 1.74. The molecule has 6 nitrogen and oxygen atoms in total. The summed E-state index contributed by atoms with van der Waals surface area (Å²) in [5.74, 6) is -0.950. The lowest BCUT2D eigenvalue weighted by molar-refractivity contribution is -0.154. The van der Waals surface area contributed by atoms with Gasteiger partial charge in [0, 0.05) is 16.6 Å². The first-order chi connectivity index (χ1) is 12.4. The summed E-state index contributed by atoms with van der Waals surface area (Å²) >= 11 is 5.77. The highest BCUT2D eigenvalue weighted by atomic mass is 35.5. The zero-order valence-electron chi connectivity index (χ0n) is 15.1. The van der Waals surface area contributed by atoms with Crippen molar-refractivity contribution in [1.82, 2.24) is 10.6 Å². The van der Waals surface area contributed by atoms with Gasteiger partial charge in [-0.2, -0.15) is 0 Å². The predicted molar refractivity (Wildman–Crippen MR) is 98.9 cm³/mol. The molecule has 1 aliphatic rings. The van der Waals surface area contributed by atoms with E-state index in [0.29, 0.717) is 16.5 Å². The van der Waals surface area contributed by atoms with E-state index in [1.165, 1.54) is 13.3 Å². The van der Waals surface area contributed by atoms with Crippen LogP contribution in [0, 0.1) is 5.92 Å². The van der Waals surface area contributed by atoms with Crippen LogP contribution in [-0.2, 0) is 14.3 Å². The number of hydrogen-bond acceptors (Lipinski definition) is 4. The van der Waals surface area contributed by atoms with Crippen LogP contribution in [0.5, 0.6) is 0 Å². The van der Waals surface area contributed by atoms with Gasteiger partial charge in [-0.3, -0.25) is 14.4 Å². The van der Waals surface area contributed by atoms with E-state index >= 15 is 0 Å². The number of halogens is 1. The summed E-state index contributed by atoms with van der Waals surface area (Å²) in [6, 6.07) is 6.43. The van der Waals surface area contributed by atoms with E-state index in [9.17, 15) is 14.4 Å². The zero-order chi connectivity index (χ0) is 19.1. The topological polar surface area (TPSA) is 84.5 Å². The third-order valence-corrected chi connectivity index (χ3v) is 4.87. The summed E-state index contributed by atoms with van der Waals surface area (Å²) in [5.41, 5.74) is 0.388. The summed E-state index contributed by atoms with van der Waals surface area (Å²) in [7, 11) is 0. The Bertz CT molecular complexity index is 647. The van der Waals surface area contributed by atoms with Gasteiger partial charge in [-0.05, 0) is 49.9 Å². The lowest BCUT2D eigenvalue weighted by atomic mass is 9.86. The highest BCUT2D eigenvalue weighted by Crippen LogP contribution is 2.23. The molecular weight excluding hydrogens is 356 g/mol. The number of ether oxygens (including phenoxy) is 1. The Morgan fingerprint density at radius 2 is 1.85 bits per heavy atom. The molecule has 1 aromatic carbocycles. The van der Waals surface area contributed by atoms with Gasteiger partial charge in [-0.25, -0.2) is 0 Å². The first-order valence-electron chi connectivity index (χ1n) is 8.90. The molecule has 0 aliphatic heterocycles. The molecule has 142 valence electrons. The Hall–Kier alpha value is -2.08. The highest BCUT2D eigenvalue weighted by Gasteiger charge is 2.26. The third kappa shape index (κ3) is 6.02. The Kier molecular flexibility index (Phi) is 7.45. The Labute approximate surface area is 158 Å². The molecule has 1 saturated carbocycles. The Morgan fingerprint density at radius 3 is 2.50 bits per heavy atom. The maximum atomic E-state index is 12.2. The normalized spacial score (nSPS) is 20.7. The number of hydrogen-bond donors (Lipinski definition) is 2. The molecule has 0 bridgehead atoms. The second kappa shape index (κ2) is 9.57. The molecule has 0 unspecified atom stereocenters. The fourth-order valence-electron chi connectivity index (χ4n) is 2.98. The molecule has 0 saturated heterocycles. The van der Waals surface area contributed by atoms with Gasteiger partial charge in [-0.15, -0.1) is 0 Å². The summed E-state index contributed by atoms with van der Waals surface area (Å²) in [5, 5.41) is 5.94. The molecule has 1 fully saturated rings. The fourth-order valence-corrected chi connectivity index (χ4v) is 3.10. The average molecular weight is 381 g/mol. The summed E-state index contributed by atoms with van der Waals surface area (Å²) in [6.45, 7) is 3.34. The smallest absolute Gasteiger partial charge is 0.326 e. The van der Waals surface area contributed by atoms with Crippen LogP contribution in [0.25, 0.3) is 0 Å². The lowest BCUT2D eigenvalue weighted by Gasteiger charge is -2.30. The number of carbonyl (C=O) groups is 3. The van der Waals surface area contributed by atoms with Crippen molar-refractivity contribution >= 4 is 29.4 Å². The van der Waals surface area contributed by atoms with Crippen LogP contribution < -0.4 is 10.6 Å². The Morgan fingerprint density at radius 1 is 1.19 bits per heavy atom. The van der Waals surface area contributed by atoms with E-state index in [2.05, 4.69) is 17.6 Å². The zero-order valence-corrected chi connectivity index (χ0v) is 15.8.